The molecule has 5 nitrogen and oxygen atoms in total. The van der Waals surface area contributed by atoms with Crippen molar-refractivity contribution < 1.29 is 22.7 Å². The van der Waals surface area contributed by atoms with Crippen LogP contribution < -0.4 is 15.0 Å². The van der Waals surface area contributed by atoms with Gasteiger partial charge in [0.05, 0.1) is 0 Å². The Morgan fingerprint density at radius 2 is 1.92 bits per heavy atom. The molecule has 1 atom stereocenters. The van der Waals surface area contributed by atoms with Crippen LogP contribution in [0.3, 0.4) is 0 Å². The van der Waals surface area contributed by atoms with Gasteiger partial charge in [0, 0.05) is 38.4 Å². The topological polar surface area (TPSA) is 44.8 Å². The molecule has 0 unspecified atom stereocenters. The minimum atomic E-state index is -4.67. The lowest BCUT2D eigenvalue weighted by Crippen LogP contribution is -2.48. The van der Waals surface area contributed by atoms with Crippen LogP contribution in [-0.2, 0) is 0 Å². The molecule has 0 spiro atoms. The highest BCUT2D eigenvalue weighted by molar-refractivity contribution is 5.74. The van der Waals surface area contributed by atoms with Crippen molar-refractivity contribution >= 4 is 11.7 Å². The number of anilines is 1. The van der Waals surface area contributed by atoms with Crippen LogP contribution in [0.5, 0.6) is 5.75 Å². The van der Waals surface area contributed by atoms with Gasteiger partial charge in [0.1, 0.15) is 5.75 Å². The van der Waals surface area contributed by atoms with Crippen LogP contribution >= 0.6 is 0 Å². The Bertz CT molecular complexity index is 573. The summed E-state index contributed by atoms with van der Waals surface area (Å²) in [6.45, 7) is 3.88. The molecule has 132 valence electrons. The van der Waals surface area contributed by atoms with Crippen LogP contribution in [0.15, 0.2) is 24.3 Å². The molecule has 2 amide bonds. The van der Waals surface area contributed by atoms with Crippen molar-refractivity contribution in [3.63, 3.8) is 0 Å². The first-order valence-electron chi connectivity index (χ1n) is 8.04. The van der Waals surface area contributed by atoms with Crippen LogP contribution in [0.1, 0.15) is 12.8 Å². The molecule has 1 N–H and O–H groups in total. The van der Waals surface area contributed by atoms with Crippen molar-refractivity contribution in [3.05, 3.63) is 24.3 Å². The molecule has 2 aliphatic heterocycles. The third kappa shape index (κ3) is 4.24. The van der Waals surface area contributed by atoms with E-state index >= 15 is 0 Å². The number of hydrogen-bond acceptors (Lipinski definition) is 3. The third-order valence-electron chi connectivity index (χ3n) is 4.41. The lowest BCUT2D eigenvalue weighted by Gasteiger charge is -2.31. The van der Waals surface area contributed by atoms with E-state index in [4.69, 9.17) is 0 Å². The number of nitrogens with one attached hydrogen (secondary N) is 1. The number of ether oxygens (including phenoxy) is 1. The molecule has 1 aromatic rings. The Morgan fingerprint density at radius 1 is 1.21 bits per heavy atom. The summed E-state index contributed by atoms with van der Waals surface area (Å²) in [5.41, 5.74) is 0.862. The standard InChI is InChI=1S/C16H20F3N3O2/c17-16(18,19)24-14-4-2-13(3-5-14)22-9-6-12(11-22)10-20-15(23)21-7-1-8-21/h2-5,12H,1,6-11H2,(H,20,23)/t12-/m1/s1. The van der Waals surface area contributed by atoms with Gasteiger partial charge in [-0.2, -0.15) is 0 Å². The van der Waals surface area contributed by atoms with Gasteiger partial charge in [-0.1, -0.05) is 0 Å². The largest absolute Gasteiger partial charge is 0.573 e. The quantitative estimate of drug-likeness (QED) is 0.914. The first-order valence-corrected chi connectivity index (χ1v) is 8.04. The van der Waals surface area contributed by atoms with Crippen molar-refractivity contribution in [1.82, 2.24) is 10.2 Å². The molecule has 3 rings (SSSR count). The summed E-state index contributed by atoms with van der Waals surface area (Å²) in [6, 6.07) is 5.89. The van der Waals surface area contributed by atoms with Crippen LogP contribution in [0.2, 0.25) is 0 Å². The first-order chi connectivity index (χ1) is 11.4. The highest BCUT2D eigenvalue weighted by Crippen LogP contribution is 2.28. The fourth-order valence-electron chi connectivity index (χ4n) is 2.96. The molecule has 2 heterocycles. The molecule has 0 saturated carbocycles. The number of likely N-dealkylation sites (tertiary alicyclic amines) is 1. The number of rotatable bonds is 4. The fourth-order valence-corrected chi connectivity index (χ4v) is 2.96. The number of urea groups is 1. The SMILES string of the molecule is O=C(NC[C@H]1CCN(c2ccc(OC(F)(F)F)cc2)C1)N1CCC1. The van der Waals surface area contributed by atoms with Gasteiger partial charge in [-0.25, -0.2) is 4.79 Å². The Labute approximate surface area is 138 Å². The van der Waals surface area contributed by atoms with Crippen molar-refractivity contribution in [1.29, 1.82) is 0 Å². The average molecular weight is 343 g/mol. The number of alkyl halides is 3. The van der Waals surface area contributed by atoms with E-state index in [9.17, 15) is 18.0 Å². The average Bonchev–Trinajstić information content (AvgIpc) is 2.91. The van der Waals surface area contributed by atoms with Gasteiger partial charge in [-0.15, -0.1) is 13.2 Å². The normalized spacial score (nSPS) is 20.7. The van der Waals surface area contributed by atoms with E-state index in [1.807, 2.05) is 0 Å². The minimum Gasteiger partial charge on any atom is -0.406 e. The number of carbonyl (C=O) groups is 1. The van der Waals surface area contributed by atoms with E-state index in [-0.39, 0.29) is 11.8 Å². The van der Waals surface area contributed by atoms with E-state index in [1.54, 1.807) is 17.0 Å². The predicted octanol–water partition coefficient (Wildman–Crippen LogP) is 2.83. The molecule has 1 aromatic carbocycles. The third-order valence-corrected chi connectivity index (χ3v) is 4.41. The van der Waals surface area contributed by atoms with Gasteiger partial charge in [-0.05, 0) is 43.0 Å². The predicted molar refractivity (Wildman–Crippen MR) is 83.0 cm³/mol. The van der Waals surface area contributed by atoms with Gasteiger partial charge < -0.3 is 19.9 Å². The van der Waals surface area contributed by atoms with E-state index in [2.05, 4.69) is 15.0 Å². The molecule has 0 bridgehead atoms. The van der Waals surface area contributed by atoms with E-state index in [1.165, 1.54) is 12.1 Å². The van der Waals surface area contributed by atoms with Crippen molar-refractivity contribution in [3.8, 4) is 5.75 Å². The van der Waals surface area contributed by atoms with Gasteiger partial charge >= 0.3 is 12.4 Å². The second kappa shape index (κ2) is 6.78. The van der Waals surface area contributed by atoms with Gasteiger partial charge in [0.25, 0.3) is 0 Å². The van der Waals surface area contributed by atoms with E-state index in [0.29, 0.717) is 12.5 Å². The number of hydrogen-bond donors (Lipinski definition) is 1. The van der Waals surface area contributed by atoms with Crippen LogP contribution in [0.25, 0.3) is 0 Å². The molecular weight excluding hydrogens is 323 g/mol. The van der Waals surface area contributed by atoms with Gasteiger partial charge in [0.2, 0.25) is 0 Å². The molecule has 2 saturated heterocycles. The molecule has 24 heavy (non-hydrogen) atoms. The smallest absolute Gasteiger partial charge is 0.406 e. The van der Waals surface area contributed by atoms with Gasteiger partial charge in [0.15, 0.2) is 0 Å². The summed E-state index contributed by atoms with van der Waals surface area (Å²) >= 11 is 0. The summed E-state index contributed by atoms with van der Waals surface area (Å²) in [5.74, 6) is 0.130. The Morgan fingerprint density at radius 3 is 2.50 bits per heavy atom. The zero-order chi connectivity index (χ0) is 17.2. The first kappa shape index (κ1) is 16.7. The lowest BCUT2D eigenvalue weighted by molar-refractivity contribution is -0.274. The van der Waals surface area contributed by atoms with E-state index < -0.39 is 6.36 Å². The van der Waals surface area contributed by atoms with Crippen molar-refractivity contribution in [2.45, 2.75) is 19.2 Å². The van der Waals surface area contributed by atoms with Crippen molar-refractivity contribution in [2.24, 2.45) is 5.92 Å². The monoisotopic (exact) mass is 343 g/mol. The Kier molecular flexibility index (Phi) is 4.73. The summed E-state index contributed by atoms with van der Waals surface area (Å²) in [7, 11) is 0. The molecule has 2 aliphatic rings. The van der Waals surface area contributed by atoms with E-state index in [0.717, 1.165) is 44.7 Å². The summed E-state index contributed by atoms with van der Waals surface area (Å²) in [6.07, 6.45) is -2.66. The van der Waals surface area contributed by atoms with Crippen molar-refractivity contribution in [2.75, 3.05) is 37.6 Å². The van der Waals surface area contributed by atoms with Gasteiger partial charge in [-0.3, -0.25) is 0 Å². The molecule has 8 heteroatoms. The second-order valence-corrected chi connectivity index (χ2v) is 6.17. The maximum Gasteiger partial charge on any atom is 0.573 e. The second-order valence-electron chi connectivity index (χ2n) is 6.17. The molecule has 2 fully saturated rings. The maximum atomic E-state index is 12.2. The number of amides is 2. The highest BCUT2D eigenvalue weighted by Gasteiger charge is 2.31. The number of nitrogens with zero attached hydrogens (tertiary/aromatic N) is 2. The Balaban J connectivity index is 1.47. The fraction of sp³-hybridized carbons (Fsp3) is 0.562. The maximum absolute atomic E-state index is 12.2. The molecule has 0 radical (unpaired) electrons. The zero-order valence-electron chi connectivity index (χ0n) is 13.2. The highest BCUT2D eigenvalue weighted by atomic mass is 19.4. The zero-order valence-corrected chi connectivity index (χ0v) is 13.2. The molecule has 0 aromatic heterocycles. The lowest BCUT2D eigenvalue weighted by atomic mass is 10.1. The van der Waals surface area contributed by atoms with Crippen LogP contribution in [-0.4, -0.2) is 50.0 Å². The Hall–Kier alpha value is -2.12. The van der Waals surface area contributed by atoms with Crippen LogP contribution in [0.4, 0.5) is 23.7 Å². The summed E-state index contributed by atoms with van der Waals surface area (Å²) in [5, 5.41) is 2.95. The van der Waals surface area contributed by atoms with Crippen LogP contribution in [0, 0.1) is 5.92 Å². The number of benzene rings is 1. The number of carbonyl (C=O) groups excluding carboxylic acids is 1. The summed E-state index contributed by atoms with van der Waals surface area (Å²) in [4.78, 5) is 15.7. The summed E-state index contributed by atoms with van der Waals surface area (Å²) < 4.78 is 40.4. The number of halogens is 3. The minimum absolute atomic E-state index is 0.00616. The molecular formula is C16H20F3N3O2. The molecule has 0 aliphatic carbocycles.